The van der Waals surface area contributed by atoms with Crippen LogP contribution in [0.25, 0.3) is 0 Å². The van der Waals surface area contributed by atoms with Crippen LogP contribution < -0.4 is 5.84 Å². The number of benzene rings is 1. The van der Waals surface area contributed by atoms with E-state index in [0.29, 0.717) is 30.3 Å². The van der Waals surface area contributed by atoms with Crippen LogP contribution in [-0.4, -0.2) is 23.6 Å². The van der Waals surface area contributed by atoms with Crippen LogP contribution in [0.3, 0.4) is 0 Å². The summed E-state index contributed by atoms with van der Waals surface area (Å²) in [4.78, 5) is 4.57. The van der Waals surface area contributed by atoms with Crippen molar-refractivity contribution in [3.63, 3.8) is 0 Å². The zero-order chi connectivity index (χ0) is 19.1. The Morgan fingerprint density at radius 1 is 1.40 bits per heavy atom. The van der Waals surface area contributed by atoms with Gasteiger partial charge in [0.05, 0.1) is 0 Å². The van der Waals surface area contributed by atoms with E-state index < -0.39 is 0 Å². The third-order valence-electron chi connectivity index (χ3n) is 4.17. The fraction of sp³-hybridized carbons (Fsp3) is 0.500. The monoisotopic (exact) mass is 346 g/mol. The summed E-state index contributed by atoms with van der Waals surface area (Å²) < 4.78 is 14.4. The van der Waals surface area contributed by atoms with Gasteiger partial charge in [0.1, 0.15) is 11.7 Å². The molecule has 1 aromatic carbocycles. The lowest BCUT2D eigenvalue weighted by Gasteiger charge is -2.22. The van der Waals surface area contributed by atoms with Gasteiger partial charge in [-0.25, -0.2) is 15.2 Å². The lowest BCUT2D eigenvalue weighted by molar-refractivity contribution is 0.456. The van der Waals surface area contributed by atoms with E-state index >= 15 is 0 Å². The van der Waals surface area contributed by atoms with Gasteiger partial charge in [0.2, 0.25) is 0 Å². The van der Waals surface area contributed by atoms with Crippen LogP contribution in [0.15, 0.2) is 22.8 Å². The number of halogens is 1. The summed E-state index contributed by atoms with van der Waals surface area (Å²) in [6, 6.07) is 1.91. The summed E-state index contributed by atoms with van der Waals surface area (Å²) in [5, 5.41) is 8.79. The van der Waals surface area contributed by atoms with Crippen LogP contribution in [0.2, 0.25) is 0 Å². The first kappa shape index (κ1) is 21.0. The fourth-order valence-electron chi connectivity index (χ4n) is 2.85. The molecule has 25 heavy (non-hydrogen) atoms. The molecule has 0 aliphatic carbocycles. The van der Waals surface area contributed by atoms with Gasteiger partial charge in [-0.1, -0.05) is 19.9 Å². The van der Waals surface area contributed by atoms with Gasteiger partial charge in [0, 0.05) is 24.9 Å². The summed E-state index contributed by atoms with van der Waals surface area (Å²) in [6.07, 6.45) is 4.19. The van der Waals surface area contributed by atoms with Gasteiger partial charge >= 0.3 is 0 Å². The molecule has 4 nitrogen and oxygen atoms in total. The number of hydrogen-bond acceptors (Lipinski definition) is 3. The van der Waals surface area contributed by atoms with Crippen molar-refractivity contribution in [3.8, 4) is 0 Å². The number of nitrogens with two attached hydrogens (primary N) is 1. The molecular formula is C20H31FN4. The van der Waals surface area contributed by atoms with Crippen molar-refractivity contribution in [2.45, 2.75) is 54.4 Å². The molecule has 1 rings (SSSR count). The molecule has 0 atom stereocenters. The van der Waals surface area contributed by atoms with Gasteiger partial charge in [-0.3, -0.25) is 5.01 Å². The third kappa shape index (κ3) is 5.78. The number of rotatable bonds is 7. The van der Waals surface area contributed by atoms with E-state index in [1.165, 1.54) is 6.21 Å². The van der Waals surface area contributed by atoms with E-state index in [4.69, 9.17) is 11.3 Å². The van der Waals surface area contributed by atoms with E-state index in [1.807, 2.05) is 26.8 Å². The lowest BCUT2D eigenvalue weighted by Crippen LogP contribution is -2.38. The third-order valence-corrected chi connectivity index (χ3v) is 4.17. The molecule has 5 heteroatoms. The molecule has 0 saturated carbocycles. The largest absolute Gasteiger partial charge is 0.309 e. The minimum atomic E-state index is -0.127. The first-order chi connectivity index (χ1) is 11.7. The molecule has 1 aromatic rings. The number of nitrogens with zero attached hydrogens (tertiary/aromatic N) is 2. The van der Waals surface area contributed by atoms with E-state index in [2.05, 4.69) is 18.8 Å². The topological polar surface area (TPSA) is 65.5 Å². The van der Waals surface area contributed by atoms with Gasteiger partial charge in [-0.05, 0) is 68.4 Å². The molecular weight excluding hydrogens is 315 g/mol. The highest BCUT2D eigenvalue weighted by molar-refractivity contribution is 5.86. The Kier molecular flexibility index (Phi) is 7.97. The molecule has 0 aliphatic rings. The summed E-state index contributed by atoms with van der Waals surface area (Å²) in [5.41, 5.74) is 4.19. The fourth-order valence-corrected chi connectivity index (χ4v) is 2.85. The molecule has 0 radical (unpaired) electrons. The van der Waals surface area contributed by atoms with Gasteiger partial charge in [0.25, 0.3) is 0 Å². The van der Waals surface area contributed by atoms with E-state index in [1.54, 1.807) is 18.0 Å². The molecule has 0 saturated heterocycles. The Morgan fingerprint density at radius 3 is 2.56 bits per heavy atom. The van der Waals surface area contributed by atoms with Crippen molar-refractivity contribution in [3.05, 3.63) is 45.9 Å². The minimum Gasteiger partial charge on any atom is -0.309 e. The van der Waals surface area contributed by atoms with Crippen LogP contribution in [0, 0.1) is 31.0 Å². The van der Waals surface area contributed by atoms with Crippen LogP contribution in [0.5, 0.6) is 0 Å². The average molecular weight is 346 g/mol. The zero-order valence-corrected chi connectivity index (χ0v) is 16.3. The molecule has 0 fully saturated rings. The van der Waals surface area contributed by atoms with Crippen molar-refractivity contribution >= 4 is 12.1 Å². The number of aryl methyl sites for hydroxylation is 1. The normalized spacial score (nSPS) is 12.7. The van der Waals surface area contributed by atoms with Gasteiger partial charge < -0.3 is 5.41 Å². The van der Waals surface area contributed by atoms with Crippen LogP contribution in [-0.2, 0) is 12.8 Å². The van der Waals surface area contributed by atoms with Gasteiger partial charge in [0.15, 0.2) is 0 Å². The number of nitrogens with one attached hydrogen (secondary N) is 1. The molecule has 0 aliphatic heterocycles. The van der Waals surface area contributed by atoms with Crippen LogP contribution >= 0.6 is 0 Å². The van der Waals surface area contributed by atoms with Crippen LogP contribution in [0.1, 0.15) is 49.9 Å². The summed E-state index contributed by atoms with van der Waals surface area (Å²) in [5.74, 6) is 7.13. The quantitative estimate of drug-likeness (QED) is 0.334. The smallest absolute Gasteiger partial charge is 0.129 e. The van der Waals surface area contributed by atoms with E-state index in [9.17, 15) is 4.39 Å². The van der Waals surface area contributed by atoms with Gasteiger partial charge in [-0.15, -0.1) is 0 Å². The molecule has 0 amide bonds. The number of hydrazine groups is 1. The summed E-state index contributed by atoms with van der Waals surface area (Å²) in [7, 11) is 0. The maximum absolute atomic E-state index is 14.4. The second-order valence-electron chi connectivity index (χ2n) is 6.83. The van der Waals surface area contributed by atoms with Gasteiger partial charge in [-0.2, -0.15) is 0 Å². The first-order valence-corrected chi connectivity index (χ1v) is 8.75. The molecule has 0 spiro atoms. The number of amidine groups is 1. The predicted octanol–water partition coefficient (Wildman–Crippen LogP) is 4.33. The molecule has 0 aromatic heterocycles. The maximum Gasteiger partial charge on any atom is 0.129 e. The van der Waals surface area contributed by atoms with Crippen LogP contribution in [0.4, 0.5) is 4.39 Å². The molecule has 0 unspecified atom stereocenters. The maximum atomic E-state index is 14.4. The standard InChI is InChI=1S/C20H31FN4/c1-7-25(23)19(24-15(5)8-9-22)12-17-11-14(4)20(21)16(6)18(17)10-13(2)3/h8-9,11,13,22H,7,10,12,23H2,1-6H3/b15-8+,22-9?,24-19-. The highest BCUT2D eigenvalue weighted by Crippen LogP contribution is 2.25. The highest BCUT2D eigenvalue weighted by atomic mass is 19.1. The Hall–Kier alpha value is -2.01. The Labute approximate surface area is 151 Å². The Balaban J connectivity index is 3.41. The lowest BCUT2D eigenvalue weighted by atomic mass is 9.90. The Morgan fingerprint density at radius 2 is 2.04 bits per heavy atom. The van der Waals surface area contributed by atoms with Crippen molar-refractivity contribution in [2.75, 3.05) is 6.54 Å². The highest BCUT2D eigenvalue weighted by Gasteiger charge is 2.17. The van der Waals surface area contributed by atoms with Crippen molar-refractivity contribution in [2.24, 2.45) is 16.8 Å². The number of likely N-dealkylation sites (N-methyl/N-ethyl adjacent to an activating group) is 1. The average Bonchev–Trinajstić information content (AvgIpc) is 2.55. The molecule has 0 bridgehead atoms. The van der Waals surface area contributed by atoms with E-state index in [0.717, 1.165) is 28.8 Å². The predicted molar refractivity (Wildman–Crippen MR) is 105 cm³/mol. The number of aliphatic imine (C=N–C) groups is 1. The zero-order valence-electron chi connectivity index (χ0n) is 16.3. The second kappa shape index (κ2) is 9.47. The first-order valence-electron chi connectivity index (χ1n) is 8.75. The van der Waals surface area contributed by atoms with Crippen molar-refractivity contribution < 1.29 is 4.39 Å². The second-order valence-corrected chi connectivity index (χ2v) is 6.83. The van der Waals surface area contributed by atoms with Crippen molar-refractivity contribution in [1.29, 1.82) is 5.41 Å². The summed E-state index contributed by atoms with van der Waals surface area (Å²) >= 11 is 0. The SMILES string of the molecule is CCN(N)/C(Cc1cc(C)c(F)c(C)c1CC(C)C)=N\C(C)=C\C=N. The summed E-state index contributed by atoms with van der Waals surface area (Å²) in [6.45, 7) is 12.3. The van der Waals surface area contributed by atoms with E-state index in [-0.39, 0.29) is 5.82 Å². The minimum absolute atomic E-state index is 0.127. The number of allylic oxidation sites excluding steroid dienone is 2. The molecule has 0 heterocycles. The number of hydrogen-bond donors (Lipinski definition) is 2. The molecule has 3 N–H and O–H groups in total. The van der Waals surface area contributed by atoms with Crippen molar-refractivity contribution in [1.82, 2.24) is 5.01 Å². The molecule has 138 valence electrons. The Bertz CT molecular complexity index is 675.